The molecule has 0 aromatic heterocycles. The maximum absolute atomic E-state index is 11.3. The van der Waals surface area contributed by atoms with Crippen molar-refractivity contribution in [2.24, 2.45) is 0 Å². The largest absolute Gasteiger partial charge is 0.496 e. The van der Waals surface area contributed by atoms with Gasteiger partial charge in [-0.2, -0.15) is 0 Å². The molecule has 0 amide bonds. The van der Waals surface area contributed by atoms with E-state index in [-0.39, 0.29) is 6.54 Å². The molecule has 0 heterocycles. The molecule has 7 heteroatoms. The van der Waals surface area contributed by atoms with Gasteiger partial charge >= 0.3 is 5.97 Å². The van der Waals surface area contributed by atoms with Crippen molar-refractivity contribution in [1.82, 2.24) is 4.72 Å². The Morgan fingerprint density at radius 3 is 2.67 bits per heavy atom. The number of sulfonamides is 1. The zero-order chi connectivity index (χ0) is 13.6. The lowest BCUT2D eigenvalue weighted by Crippen LogP contribution is -2.31. The second kappa shape index (κ2) is 6.36. The Hall–Kier alpha value is -1.60. The van der Waals surface area contributed by atoms with Crippen LogP contribution in [0.5, 0.6) is 5.75 Å². The number of nitrogens with one attached hydrogen (secondary N) is 1. The van der Waals surface area contributed by atoms with Crippen molar-refractivity contribution in [3.8, 4) is 5.75 Å². The second-order valence-corrected chi connectivity index (χ2v) is 5.42. The van der Waals surface area contributed by atoms with Crippen LogP contribution in [0, 0.1) is 0 Å². The summed E-state index contributed by atoms with van der Waals surface area (Å²) in [5, 5.41) is 8.41. The van der Waals surface area contributed by atoms with Crippen LogP contribution in [0.4, 0.5) is 0 Å². The van der Waals surface area contributed by atoms with Gasteiger partial charge in [0.25, 0.3) is 0 Å². The van der Waals surface area contributed by atoms with Crippen LogP contribution in [-0.4, -0.2) is 38.9 Å². The topological polar surface area (TPSA) is 92.7 Å². The minimum absolute atomic E-state index is 0.135. The second-order valence-electron chi connectivity index (χ2n) is 3.61. The van der Waals surface area contributed by atoms with Crippen molar-refractivity contribution in [2.45, 2.75) is 6.42 Å². The number of carboxylic acid groups (broad SMARTS) is 1. The highest BCUT2D eigenvalue weighted by atomic mass is 32.2. The van der Waals surface area contributed by atoms with E-state index in [1.807, 2.05) is 18.2 Å². The van der Waals surface area contributed by atoms with Crippen molar-refractivity contribution in [1.29, 1.82) is 0 Å². The molecule has 0 atom stereocenters. The SMILES string of the molecule is COc1ccccc1CCNS(=O)(=O)CC(=O)O. The van der Waals surface area contributed by atoms with Crippen molar-refractivity contribution in [3.63, 3.8) is 0 Å². The number of carbonyl (C=O) groups is 1. The Morgan fingerprint density at radius 2 is 2.06 bits per heavy atom. The molecule has 1 rings (SSSR count). The van der Waals surface area contributed by atoms with Crippen molar-refractivity contribution >= 4 is 16.0 Å². The summed E-state index contributed by atoms with van der Waals surface area (Å²) in [5.74, 6) is -1.62. The van der Waals surface area contributed by atoms with E-state index in [9.17, 15) is 13.2 Å². The Balaban J connectivity index is 2.54. The molecule has 0 aliphatic rings. The van der Waals surface area contributed by atoms with Crippen LogP contribution in [0.15, 0.2) is 24.3 Å². The van der Waals surface area contributed by atoms with E-state index in [2.05, 4.69) is 4.72 Å². The Morgan fingerprint density at radius 1 is 1.39 bits per heavy atom. The average Bonchev–Trinajstić information content (AvgIpc) is 2.27. The number of methoxy groups -OCH3 is 1. The lowest BCUT2D eigenvalue weighted by molar-refractivity contribution is -0.134. The summed E-state index contributed by atoms with van der Waals surface area (Å²) < 4.78 is 29.9. The minimum Gasteiger partial charge on any atom is -0.496 e. The third-order valence-electron chi connectivity index (χ3n) is 2.22. The highest BCUT2D eigenvalue weighted by Gasteiger charge is 2.14. The predicted octanol–water partition coefficient (Wildman–Crippen LogP) is 0.242. The van der Waals surface area contributed by atoms with Gasteiger partial charge in [-0.15, -0.1) is 0 Å². The highest BCUT2D eigenvalue weighted by Crippen LogP contribution is 2.17. The number of para-hydroxylation sites is 1. The number of carboxylic acids is 1. The molecule has 0 aliphatic heterocycles. The summed E-state index contributed by atoms with van der Waals surface area (Å²) >= 11 is 0. The highest BCUT2D eigenvalue weighted by molar-refractivity contribution is 7.90. The summed E-state index contributed by atoms with van der Waals surface area (Å²) in [7, 11) is -2.23. The van der Waals surface area contributed by atoms with Crippen LogP contribution >= 0.6 is 0 Å². The lowest BCUT2D eigenvalue weighted by Gasteiger charge is -2.08. The molecule has 0 fully saturated rings. The number of rotatable bonds is 7. The number of hydrogen-bond acceptors (Lipinski definition) is 4. The van der Waals surface area contributed by atoms with E-state index in [4.69, 9.17) is 9.84 Å². The number of hydrogen-bond donors (Lipinski definition) is 2. The minimum atomic E-state index is -3.76. The van der Waals surface area contributed by atoms with Crippen molar-refractivity contribution in [3.05, 3.63) is 29.8 Å². The fraction of sp³-hybridized carbons (Fsp3) is 0.364. The van der Waals surface area contributed by atoms with E-state index < -0.39 is 21.7 Å². The molecule has 18 heavy (non-hydrogen) atoms. The molecule has 1 aromatic carbocycles. The predicted molar refractivity (Wildman–Crippen MR) is 66.1 cm³/mol. The quantitative estimate of drug-likeness (QED) is 0.742. The fourth-order valence-corrected chi connectivity index (χ4v) is 2.30. The standard InChI is InChI=1S/C11H15NO5S/c1-17-10-5-3-2-4-9(10)6-7-12-18(15,16)8-11(13)14/h2-5,12H,6-8H2,1H3,(H,13,14). The zero-order valence-corrected chi connectivity index (χ0v) is 10.7. The molecular weight excluding hydrogens is 258 g/mol. The van der Waals surface area contributed by atoms with E-state index >= 15 is 0 Å². The lowest BCUT2D eigenvalue weighted by atomic mass is 10.1. The maximum atomic E-state index is 11.3. The van der Waals surface area contributed by atoms with Crippen LogP contribution in [-0.2, 0) is 21.2 Å². The van der Waals surface area contributed by atoms with Gasteiger partial charge in [-0.1, -0.05) is 18.2 Å². The molecule has 0 radical (unpaired) electrons. The molecular formula is C11H15NO5S. The van der Waals surface area contributed by atoms with E-state index in [1.165, 1.54) is 7.11 Å². The molecule has 100 valence electrons. The van der Waals surface area contributed by atoms with E-state index in [0.717, 1.165) is 5.56 Å². The van der Waals surface area contributed by atoms with Crippen LogP contribution in [0.1, 0.15) is 5.56 Å². The molecule has 1 aromatic rings. The summed E-state index contributed by atoms with van der Waals surface area (Å²) in [6, 6.07) is 7.24. The Labute approximate surface area is 106 Å². The van der Waals surface area contributed by atoms with Gasteiger partial charge in [0.2, 0.25) is 10.0 Å². The third kappa shape index (κ3) is 4.72. The smallest absolute Gasteiger partial charge is 0.320 e. The first-order chi connectivity index (χ1) is 8.44. The normalized spacial score (nSPS) is 11.2. The van der Waals surface area contributed by atoms with Gasteiger partial charge in [0.05, 0.1) is 7.11 Å². The van der Waals surface area contributed by atoms with E-state index in [1.54, 1.807) is 6.07 Å². The summed E-state index contributed by atoms with van der Waals surface area (Å²) in [5.41, 5.74) is 0.859. The van der Waals surface area contributed by atoms with Crippen molar-refractivity contribution < 1.29 is 23.1 Å². The van der Waals surface area contributed by atoms with Crippen LogP contribution < -0.4 is 9.46 Å². The molecule has 0 unspecified atom stereocenters. The molecule has 0 aliphatic carbocycles. The maximum Gasteiger partial charge on any atom is 0.320 e. The fourth-order valence-electron chi connectivity index (χ4n) is 1.46. The van der Waals surface area contributed by atoms with Crippen LogP contribution in [0.25, 0.3) is 0 Å². The van der Waals surface area contributed by atoms with Gasteiger partial charge in [-0.3, -0.25) is 4.79 Å². The van der Waals surface area contributed by atoms with Gasteiger partial charge in [0, 0.05) is 6.54 Å². The van der Waals surface area contributed by atoms with Gasteiger partial charge in [0.15, 0.2) is 5.75 Å². The molecule has 0 spiro atoms. The molecule has 0 saturated carbocycles. The monoisotopic (exact) mass is 273 g/mol. The average molecular weight is 273 g/mol. The van der Waals surface area contributed by atoms with Crippen LogP contribution in [0.2, 0.25) is 0 Å². The Bertz CT molecular complexity index is 512. The summed E-state index contributed by atoms with van der Waals surface area (Å²) in [4.78, 5) is 10.3. The molecule has 2 N–H and O–H groups in total. The Kier molecular flexibility index (Phi) is 5.11. The van der Waals surface area contributed by atoms with E-state index in [0.29, 0.717) is 12.2 Å². The summed E-state index contributed by atoms with van der Waals surface area (Å²) in [6.45, 7) is 0.135. The molecule has 0 bridgehead atoms. The molecule has 6 nitrogen and oxygen atoms in total. The number of aliphatic carboxylic acids is 1. The van der Waals surface area contributed by atoms with Crippen molar-refractivity contribution in [2.75, 3.05) is 19.4 Å². The van der Waals surface area contributed by atoms with Gasteiger partial charge in [0.1, 0.15) is 5.75 Å². The van der Waals surface area contributed by atoms with Gasteiger partial charge in [-0.05, 0) is 18.1 Å². The van der Waals surface area contributed by atoms with Crippen LogP contribution in [0.3, 0.4) is 0 Å². The molecule has 0 saturated heterocycles. The zero-order valence-electron chi connectivity index (χ0n) is 9.92. The summed E-state index contributed by atoms with van der Waals surface area (Å²) in [6.07, 6.45) is 0.433. The number of ether oxygens (including phenoxy) is 1. The first-order valence-corrected chi connectivity index (χ1v) is 6.91. The first-order valence-electron chi connectivity index (χ1n) is 5.25. The van der Waals surface area contributed by atoms with Gasteiger partial charge in [-0.25, -0.2) is 13.1 Å². The third-order valence-corrected chi connectivity index (χ3v) is 3.49. The first kappa shape index (κ1) is 14.5. The van der Waals surface area contributed by atoms with Gasteiger partial charge < -0.3 is 9.84 Å². The number of benzene rings is 1.